The molecule has 2 aliphatic rings. The van der Waals surface area contributed by atoms with E-state index >= 15 is 0 Å². The fourth-order valence-corrected chi connectivity index (χ4v) is 5.00. The first-order chi connectivity index (χ1) is 22.8. The lowest BCUT2D eigenvalue weighted by atomic mass is 9.95. The first-order valence-corrected chi connectivity index (χ1v) is 15.3. The van der Waals surface area contributed by atoms with Crippen LogP contribution in [0, 0.1) is 0 Å². The van der Waals surface area contributed by atoms with E-state index in [1.54, 1.807) is 14.1 Å². The van der Waals surface area contributed by atoms with Gasteiger partial charge in [-0.1, -0.05) is 0 Å². The van der Waals surface area contributed by atoms with Crippen LogP contribution < -0.4 is 5.32 Å². The Balaban J connectivity index is 2.75. The van der Waals surface area contributed by atoms with Crippen LogP contribution in [0.2, 0.25) is 0 Å². The van der Waals surface area contributed by atoms with Gasteiger partial charge in [-0.25, -0.2) is 0 Å². The van der Waals surface area contributed by atoms with Crippen molar-refractivity contribution in [3.63, 3.8) is 0 Å². The number of rotatable bonds is 12. The van der Waals surface area contributed by atoms with E-state index in [1.807, 2.05) is 0 Å². The van der Waals surface area contributed by atoms with Gasteiger partial charge in [-0.15, -0.1) is 0 Å². The van der Waals surface area contributed by atoms with Crippen LogP contribution in [0.5, 0.6) is 0 Å². The van der Waals surface area contributed by atoms with E-state index in [4.69, 9.17) is 59.6 Å². The van der Waals surface area contributed by atoms with Crippen LogP contribution in [-0.2, 0) is 80.9 Å². The SMILES string of the molecule is CC(=O)OC[C@H]1O[C@@H](NC(=S)N(C)C)[C@H](OC(C)=O)[C@@H](OC(C)=O)[C@@H]1O[C@@H]1O[C@H](COC(C)=O)[C@@H](OC(C)=O)[C@H](OC(C)=O)[C@H]1OC(C)=O. The van der Waals surface area contributed by atoms with E-state index in [2.05, 4.69) is 5.32 Å². The van der Waals surface area contributed by atoms with Crippen LogP contribution in [0.1, 0.15) is 48.5 Å². The molecule has 0 aromatic rings. The lowest BCUT2D eigenvalue weighted by Gasteiger charge is -2.49. The smallest absolute Gasteiger partial charge is 0.303 e. The maximum absolute atomic E-state index is 12.5. The highest BCUT2D eigenvalue weighted by Gasteiger charge is 2.57. The summed E-state index contributed by atoms with van der Waals surface area (Å²) < 4.78 is 56.2. The van der Waals surface area contributed by atoms with Crippen LogP contribution in [0.3, 0.4) is 0 Å². The van der Waals surface area contributed by atoms with Gasteiger partial charge in [0, 0.05) is 62.6 Å². The lowest BCUT2D eigenvalue weighted by molar-refractivity contribution is -0.345. The second-order valence-corrected chi connectivity index (χ2v) is 11.4. The molecule has 0 radical (unpaired) electrons. The van der Waals surface area contributed by atoms with Gasteiger partial charge in [0.1, 0.15) is 31.5 Å². The van der Waals surface area contributed by atoms with Crippen molar-refractivity contribution in [3.8, 4) is 0 Å². The molecule has 276 valence electrons. The van der Waals surface area contributed by atoms with Crippen LogP contribution in [0.15, 0.2) is 0 Å². The predicted octanol–water partition coefficient (Wildman–Crippen LogP) is -0.958. The van der Waals surface area contributed by atoms with E-state index in [0.29, 0.717) is 0 Å². The van der Waals surface area contributed by atoms with Gasteiger partial charge in [0.2, 0.25) is 0 Å². The molecule has 2 heterocycles. The van der Waals surface area contributed by atoms with Gasteiger partial charge in [0.05, 0.1) is 0 Å². The number of hydrogen-bond acceptors (Lipinski definition) is 18. The van der Waals surface area contributed by atoms with Gasteiger partial charge in [0.15, 0.2) is 48.2 Å². The molecule has 19 nitrogen and oxygen atoms in total. The van der Waals surface area contributed by atoms with Crippen molar-refractivity contribution in [1.29, 1.82) is 0 Å². The van der Waals surface area contributed by atoms with Gasteiger partial charge in [-0.05, 0) is 12.2 Å². The molecule has 0 aromatic heterocycles. The van der Waals surface area contributed by atoms with E-state index in [-0.39, 0.29) is 5.11 Å². The first kappa shape index (κ1) is 41.0. The van der Waals surface area contributed by atoms with E-state index in [9.17, 15) is 33.6 Å². The summed E-state index contributed by atoms with van der Waals surface area (Å²) in [6.45, 7) is 6.43. The summed E-state index contributed by atoms with van der Waals surface area (Å²) in [5.74, 6) is -5.81. The van der Waals surface area contributed by atoms with Gasteiger partial charge in [-0.3, -0.25) is 33.6 Å². The molecule has 0 bridgehead atoms. The summed E-state index contributed by atoms with van der Waals surface area (Å²) in [5.41, 5.74) is 0. The summed E-state index contributed by atoms with van der Waals surface area (Å²) in [6.07, 6.45) is -15.2. The molecule has 2 aliphatic heterocycles. The fourth-order valence-electron chi connectivity index (χ4n) is 4.88. The third kappa shape index (κ3) is 12.7. The highest BCUT2D eigenvalue weighted by Crippen LogP contribution is 2.35. The largest absolute Gasteiger partial charge is 0.463 e. The summed E-state index contributed by atoms with van der Waals surface area (Å²) in [6, 6.07) is 0. The minimum atomic E-state index is -1.78. The second-order valence-electron chi connectivity index (χ2n) is 11.1. The molecule has 0 unspecified atom stereocenters. The number of esters is 7. The highest BCUT2D eigenvalue weighted by atomic mass is 32.1. The molecule has 0 aromatic carbocycles. The molecular weight excluding hydrogens is 680 g/mol. The Morgan fingerprint density at radius 3 is 1.37 bits per heavy atom. The van der Waals surface area contributed by atoms with E-state index in [0.717, 1.165) is 48.5 Å². The molecule has 1 N–H and O–H groups in total. The monoisotopic (exact) mass is 722 g/mol. The predicted molar refractivity (Wildman–Crippen MR) is 163 cm³/mol. The Bertz CT molecular complexity index is 1260. The number of ether oxygens (including phenoxy) is 10. The van der Waals surface area contributed by atoms with Crippen LogP contribution >= 0.6 is 12.2 Å². The minimum absolute atomic E-state index is 0.119. The van der Waals surface area contributed by atoms with Crippen LogP contribution in [0.25, 0.3) is 0 Å². The molecule has 20 heteroatoms. The Kier molecular flexibility index (Phi) is 15.6. The fraction of sp³-hybridized carbons (Fsp3) is 0.724. The maximum atomic E-state index is 12.5. The highest BCUT2D eigenvalue weighted by molar-refractivity contribution is 7.80. The molecule has 10 atom stereocenters. The third-order valence-electron chi connectivity index (χ3n) is 6.60. The molecule has 0 saturated carbocycles. The normalized spacial score (nSPS) is 29.2. The quantitative estimate of drug-likeness (QED) is 0.145. The maximum Gasteiger partial charge on any atom is 0.303 e. The van der Waals surface area contributed by atoms with Crippen molar-refractivity contribution in [2.45, 2.75) is 110 Å². The summed E-state index contributed by atoms with van der Waals surface area (Å²) in [5, 5.41) is 2.98. The van der Waals surface area contributed by atoms with Crippen molar-refractivity contribution in [3.05, 3.63) is 0 Å². The van der Waals surface area contributed by atoms with Crippen molar-refractivity contribution < 1.29 is 80.9 Å². The molecule has 49 heavy (non-hydrogen) atoms. The number of carbonyl (C=O) groups is 7. The lowest BCUT2D eigenvalue weighted by Crippen LogP contribution is -2.69. The Morgan fingerprint density at radius 1 is 0.551 bits per heavy atom. The topological polar surface area (TPSA) is 227 Å². The molecule has 2 fully saturated rings. The summed E-state index contributed by atoms with van der Waals surface area (Å²) in [7, 11) is 3.24. The zero-order valence-electron chi connectivity index (χ0n) is 28.5. The standard InChI is InChI=1S/C29H42N2O17S/c1-12(32)39-10-19-22(23(42-15(4)35)25(44-17(6)37)27(46-19)30-29(49)31(8)9)48-28-26(45-18(7)38)24(43-16(5)36)21(41-14(3)34)20(47-28)11-40-13(2)33/h19-28H,10-11H2,1-9H3,(H,30,49)/t19-,20-,21-,22-,23+,24+,25-,26-,27-,28+/m1/s1. The Morgan fingerprint density at radius 2 is 0.939 bits per heavy atom. The van der Waals surface area contributed by atoms with Crippen molar-refractivity contribution in [1.82, 2.24) is 10.2 Å². The van der Waals surface area contributed by atoms with Gasteiger partial charge < -0.3 is 57.6 Å². The van der Waals surface area contributed by atoms with E-state index < -0.39 is 116 Å². The molecular formula is C29H42N2O17S. The van der Waals surface area contributed by atoms with Crippen molar-refractivity contribution in [2.75, 3.05) is 27.3 Å². The van der Waals surface area contributed by atoms with Crippen molar-refractivity contribution >= 4 is 59.1 Å². The van der Waals surface area contributed by atoms with Gasteiger partial charge >= 0.3 is 41.8 Å². The Labute approximate surface area is 287 Å². The number of carbonyl (C=O) groups excluding carboxylic acids is 7. The molecule has 0 aliphatic carbocycles. The van der Waals surface area contributed by atoms with E-state index in [1.165, 1.54) is 4.90 Å². The van der Waals surface area contributed by atoms with Gasteiger partial charge in [-0.2, -0.15) is 0 Å². The minimum Gasteiger partial charge on any atom is -0.463 e. The number of nitrogens with zero attached hydrogens (tertiary/aromatic N) is 1. The van der Waals surface area contributed by atoms with Crippen molar-refractivity contribution in [2.24, 2.45) is 0 Å². The second kappa shape index (κ2) is 18.6. The number of hydrogen-bond donors (Lipinski definition) is 1. The Hall–Kier alpha value is -4.14. The zero-order chi connectivity index (χ0) is 37.2. The molecule has 0 amide bonds. The number of nitrogens with one attached hydrogen (secondary N) is 1. The average Bonchev–Trinajstić information content (AvgIpc) is 2.95. The third-order valence-corrected chi connectivity index (χ3v) is 7.08. The zero-order valence-corrected chi connectivity index (χ0v) is 29.3. The first-order valence-electron chi connectivity index (χ1n) is 14.9. The molecule has 2 rings (SSSR count). The van der Waals surface area contributed by atoms with Crippen LogP contribution in [-0.4, -0.2) is 140 Å². The molecule has 2 saturated heterocycles. The van der Waals surface area contributed by atoms with Crippen LogP contribution in [0.4, 0.5) is 0 Å². The average molecular weight is 723 g/mol. The summed E-state index contributed by atoms with van der Waals surface area (Å²) >= 11 is 5.34. The number of thiocarbonyl (C=S) groups is 1. The van der Waals surface area contributed by atoms with Gasteiger partial charge in [0.25, 0.3) is 0 Å². The summed E-state index contributed by atoms with van der Waals surface area (Å²) in [4.78, 5) is 86.6. The molecule has 0 spiro atoms.